The quantitative estimate of drug-likeness (QED) is 0.870. The molecule has 4 nitrogen and oxygen atoms in total. The van der Waals surface area contributed by atoms with Crippen LogP contribution in [-0.4, -0.2) is 41.2 Å². The van der Waals surface area contributed by atoms with E-state index < -0.39 is 5.60 Å². The Morgan fingerprint density at radius 1 is 1.50 bits per heavy atom. The molecule has 0 spiro atoms. The monoisotopic (exact) mass is 353 g/mol. The molecule has 1 saturated heterocycles. The average molecular weight is 354 g/mol. The Hall–Kier alpha value is -1.26. The number of carbonyl (C=O) groups excluding carboxylic acids is 1. The molecule has 1 fully saturated rings. The van der Waals surface area contributed by atoms with Crippen LogP contribution in [0.1, 0.15) is 50.9 Å². The van der Waals surface area contributed by atoms with Gasteiger partial charge in [-0.15, -0.1) is 0 Å². The van der Waals surface area contributed by atoms with E-state index in [2.05, 4.69) is 13.8 Å². The van der Waals surface area contributed by atoms with E-state index in [4.69, 9.17) is 16.3 Å². The van der Waals surface area contributed by atoms with Gasteiger partial charge in [-0.2, -0.15) is 0 Å². The van der Waals surface area contributed by atoms with E-state index in [0.29, 0.717) is 48.4 Å². The molecule has 1 N–H and O–H groups in total. The van der Waals surface area contributed by atoms with Crippen LogP contribution in [0, 0.1) is 11.8 Å². The third kappa shape index (κ3) is 4.42. The fourth-order valence-electron chi connectivity index (χ4n) is 3.29. The van der Waals surface area contributed by atoms with Crippen LogP contribution in [0.25, 0.3) is 0 Å². The Morgan fingerprint density at radius 2 is 2.21 bits per heavy atom. The standard InChI is InChI=1S/C19H28ClNO3/c1-5-24-17-7-6-14(11-16(17)20)18(22)21-9-8-19(4,23)15(12-21)10-13(2)3/h6-7,11,13,15,23H,5,8-10,12H2,1-4H3/t15-,19+/m0/s1. The highest BCUT2D eigenvalue weighted by Gasteiger charge is 2.39. The number of aliphatic hydroxyl groups is 1. The maximum absolute atomic E-state index is 12.8. The molecular formula is C19H28ClNO3. The van der Waals surface area contributed by atoms with Crippen molar-refractivity contribution in [2.75, 3.05) is 19.7 Å². The Balaban J connectivity index is 2.13. The fraction of sp³-hybridized carbons (Fsp3) is 0.632. The SMILES string of the molecule is CCOc1ccc(C(=O)N2CC[C@@](C)(O)[C@@H](CC(C)C)C2)cc1Cl. The summed E-state index contributed by atoms with van der Waals surface area (Å²) >= 11 is 6.20. The van der Waals surface area contributed by atoms with E-state index in [9.17, 15) is 9.90 Å². The predicted octanol–water partition coefficient (Wildman–Crippen LogP) is 4.00. The zero-order chi connectivity index (χ0) is 17.9. The zero-order valence-corrected chi connectivity index (χ0v) is 15.8. The van der Waals surface area contributed by atoms with Crippen molar-refractivity contribution in [2.24, 2.45) is 11.8 Å². The number of amides is 1. The van der Waals surface area contributed by atoms with Crippen LogP contribution in [-0.2, 0) is 0 Å². The zero-order valence-electron chi connectivity index (χ0n) is 15.0. The number of carbonyl (C=O) groups is 1. The van der Waals surface area contributed by atoms with E-state index in [1.165, 1.54) is 0 Å². The van der Waals surface area contributed by atoms with Gasteiger partial charge in [0, 0.05) is 24.6 Å². The van der Waals surface area contributed by atoms with Gasteiger partial charge in [0.2, 0.25) is 0 Å². The summed E-state index contributed by atoms with van der Waals surface area (Å²) in [6, 6.07) is 5.16. The maximum atomic E-state index is 12.8. The number of piperidine rings is 1. The molecule has 1 aliphatic heterocycles. The predicted molar refractivity (Wildman–Crippen MR) is 96.7 cm³/mol. The molecule has 1 amide bonds. The second kappa shape index (κ2) is 7.75. The van der Waals surface area contributed by atoms with Gasteiger partial charge in [0.15, 0.2) is 0 Å². The first-order valence-electron chi connectivity index (χ1n) is 8.68. The Bertz CT molecular complexity index is 586. The molecule has 2 rings (SSSR count). The molecule has 0 unspecified atom stereocenters. The van der Waals surface area contributed by atoms with Crippen LogP contribution >= 0.6 is 11.6 Å². The highest BCUT2D eigenvalue weighted by atomic mass is 35.5. The lowest BCUT2D eigenvalue weighted by Crippen LogP contribution is -2.52. The summed E-state index contributed by atoms with van der Waals surface area (Å²) in [6.45, 7) is 9.73. The van der Waals surface area contributed by atoms with Crippen molar-refractivity contribution in [2.45, 2.75) is 46.1 Å². The van der Waals surface area contributed by atoms with Gasteiger partial charge in [0.05, 0.1) is 17.2 Å². The fourth-order valence-corrected chi connectivity index (χ4v) is 3.53. The smallest absolute Gasteiger partial charge is 0.253 e. The number of nitrogens with zero attached hydrogens (tertiary/aromatic N) is 1. The lowest BCUT2D eigenvalue weighted by atomic mass is 9.78. The normalized spacial score (nSPS) is 24.3. The number of likely N-dealkylation sites (tertiary alicyclic amines) is 1. The van der Waals surface area contributed by atoms with E-state index in [1.54, 1.807) is 18.2 Å². The Labute approximate surface area is 149 Å². The number of hydrogen-bond acceptors (Lipinski definition) is 3. The summed E-state index contributed by atoms with van der Waals surface area (Å²) in [5.41, 5.74) is -0.148. The van der Waals surface area contributed by atoms with Gasteiger partial charge in [0.25, 0.3) is 5.91 Å². The summed E-state index contributed by atoms with van der Waals surface area (Å²) in [4.78, 5) is 14.6. The summed E-state index contributed by atoms with van der Waals surface area (Å²) in [6.07, 6.45) is 1.50. The van der Waals surface area contributed by atoms with Crippen molar-refractivity contribution >= 4 is 17.5 Å². The van der Waals surface area contributed by atoms with E-state index >= 15 is 0 Å². The molecule has 0 bridgehead atoms. The van der Waals surface area contributed by atoms with Crippen molar-refractivity contribution in [3.8, 4) is 5.75 Å². The first kappa shape index (κ1) is 19.1. The van der Waals surface area contributed by atoms with Gasteiger partial charge in [0.1, 0.15) is 5.75 Å². The minimum absolute atomic E-state index is 0.0378. The second-order valence-electron chi connectivity index (χ2n) is 7.26. The van der Waals surface area contributed by atoms with E-state index in [0.717, 1.165) is 6.42 Å². The number of benzene rings is 1. The van der Waals surface area contributed by atoms with Crippen LogP contribution in [0.5, 0.6) is 5.75 Å². The average Bonchev–Trinajstić information content (AvgIpc) is 2.50. The van der Waals surface area contributed by atoms with Gasteiger partial charge < -0.3 is 14.7 Å². The number of ether oxygens (including phenoxy) is 1. The Morgan fingerprint density at radius 3 is 2.79 bits per heavy atom. The molecule has 1 aromatic rings. The molecular weight excluding hydrogens is 326 g/mol. The van der Waals surface area contributed by atoms with Crippen LogP contribution in [0.4, 0.5) is 0 Å². The first-order valence-corrected chi connectivity index (χ1v) is 9.06. The summed E-state index contributed by atoms with van der Waals surface area (Å²) in [5.74, 6) is 1.13. The van der Waals surface area contributed by atoms with Gasteiger partial charge in [-0.05, 0) is 50.8 Å². The maximum Gasteiger partial charge on any atom is 0.253 e. The first-order chi connectivity index (χ1) is 11.2. The summed E-state index contributed by atoms with van der Waals surface area (Å²) < 4.78 is 5.42. The van der Waals surface area contributed by atoms with E-state index in [1.807, 2.05) is 18.7 Å². The van der Waals surface area contributed by atoms with E-state index in [-0.39, 0.29) is 11.8 Å². The van der Waals surface area contributed by atoms with Gasteiger partial charge >= 0.3 is 0 Å². The van der Waals surface area contributed by atoms with Crippen molar-refractivity contribution in [3.63, 3.8) is 0 Å². The molecule has 1 aromatic carbocycles. The third-order valence-corrected chi connectivity index (χ3v) is 5.03. The Kier molecular flexibility index (Phi) is 6.16. The molecule has 1 aliphatic rings. The lowest BCUT2D eigenvalue weighted by molar-refractivity contribution is -0.0577. The van der Waals surface area contributed by atoms with Crippen LogP contribution in [0.3, 0.4) is 0 Å². The third-order valence-electron chi connectivity index (χ3n) is 4.73. The lowest BCUT2D eigenvalue weighted by Gasteiger charge is -2.43. The molecule has 0 saturated carbocycles. The molecule has 24 heavy (non-hydrogen) atoms. The highest BCUT2D eigenvalue weighted by molar-refractivity contribution is 6.32. The number of hydrogen-bond donors (Lipinski definition) is 1. The minimum atomic E-state index is -0.711. The van der Waals surface area contributed by atoms with Crippen molar-refractivity contribution in [1.82, 2.24) is 4.90 Å². The number of rotatable bonds is 5. The molecule has 2 atom stereocenters. The van der Waals surface area contributed by atoms with Gasteiger partial charge in [-0.25, -0.2) is 0 Å². The number of halogens is 1. The molecule has 0 aliphatic carbocycles. The molecule has 0 radical (unpaired) electrons. The van der Waals surface area contributed by atoms with Crippen LogP contribution in [0.15, 0.2) is 18.2 Å². The van der Waals surface area contributed by atoms with Crippen molar-refractivity contribution < 1.29 is 14.6 Å². The highest BCUT2D eigenvalue weighted by Crippen LogP contribution is 2.33. The second-order valence-corrected chi connectivity index (χ2v) is 7.67. The van der Waals surface area contributed by atoms with Crippen LogP contribution < -0.4 is 4.74 Å². The topological polar surface area (TPSA) is 49.8 Å². The summed E-state index contributed by atoms with van der Waals surface area (Å²) in [5, 5.41) is 11.1. The van der Waals surface area contributed by atoms with Crippen molar-refractivity contribution in [3.05, 3.63) is 28.8 Å². The largest absolute Gasteiger partial charge is 0.492 e. The van der Waals surface area contributed by atoms with Crippen molar-refractivity contribution in [1.29, 1.82) is 0 Å². The molecule has 0 aromatic heterocycles. The molecule has 1 heterocycles. The molecule has 5 heteroatoms. The summed E-state index contributed by atoms with van der Waals surface area (Å²) in [7, 11) is 0. The van der Waals surface area contributed by atoms with Crippen LogP contribution in [0.2, 0.25) is 5.02 Å². The van der Waals surface area contributed by atoms with Gasteiger partial charge in [-0.1, -0.05) is 25.4 Å². The minimum Gasteiger partial charge on any atom is -0.492 e. The van der Waals surface area contributed by atoms with Gasteiger partial charge in [-0.3, -0.25) is 4.79 Å². The molecule has 134 valence electrons.